The minimum atomic E-state index is -0.794. The molecule has 0 bridgehead atoms. The van der Waals surface area contributed by atoms with E-state index in [4.69, 9.17) is 4.74 Å². The maximum absolute atomic E-state index is 12.7. The van der Waals surface area contributed by atoms with E-state index in [1.165, 1.54) is 0 Å². The number of Topliss-reactive ketones (excluding diaryl/α,β-unsaturated/α-hetero) is 1. The van der Waals surface area contributed by atoms with Gasteiger partial charge in [0.2, 0.25) is 11.8 Å². The molecule has 3 N–H and O–H groups in total. The van der Waals surface area contributed by atoms with Crippen LogP contribution in [0.15, 0.2) is 60.7 Å². The Balaban J connectivity index is 1.84. The van der Waals surface area contributed by atoms with Gasteiger partial charge in [-0.2, -0.15) is 0 Å². The summed E-state index contributed by atoms with van der Waals surface area (Å²) in [5.74, 6) is -1.73. The predicted octanol–water partition coefficient (Wildman–Crippen LogP) is 2.56. The lowest BCUT2D eigenvalue weighted by Crippen LogP contribution is -2.51. The number of rotatable bonds is 12. The van der Waals surface area contributed by atoms with Crippen LogP contribution in [0.3, 0.4) is 0 Å². The number of nitrogens with one attached hydrogen (secondary N) is 3. The zero-order chi connectivity index (χ0) is 24.2. The van der Waals surface area contributed by atoms with Crippen molar-refractivity contribution in [3.63, 3.8) is 0 Å². The number of carbonyl (C=O) groups excluding carboxylic acids is 4. The van der Waals surface area contributed by atoms with Gasteiger partial charge in [-0.25, -0.2) is 4.79 Å². The fourth-order valence-corrected chi connectivity index (χ4v) is 3.01. The second-order valence-corrected chi connectivity index (χ2v) is 8.12. The standard InChI is InChI=1S/C25H31N3O5/c1-17(2)14-22(28-23(30)18(3)27-20-12-8-5-9-13-20)24(31)26-15-21(29)16-33-25(32)19-10-6-4-7-11-19/h4-13,17-18,22,27H,14-16H2,1-3H3,(H,26,31)(H,28,30). The highest BCUT2D eigenvalue weighted by atomic mass is 16.5. The number of hydrogen-bond donors (Lipinski definition) is 3. The summed E-state index contributed by atoms with van der Waals surface area (Å²) >= 11 is 0. The molecule has 0 heterocycles. The number of ketones is 1. The van der Waals surface area contributed by atoms with E-state index in [2.05, 4.69) is 16.0 Å². The second kappa shape index (κ2) is 13.0. The third kappa shape index (κ3) is 9.14. The van der Waals surface area contributed by atoms with E-state index >= 15 is 0 Å². The molecule has 2 amide bonds. The van der Waals surface area contributed by atoms with Crippen molar-refractivity contribution < 1.29 is 23.9 Å². The number of ether oxygens (including phenoxy) is 1. The molecule has 0 saturated heterocycles. The second-order valence-electron chi connectivity index (χ2n) is 8.12. The lowest BCUT2D eigenvalue weighted by molar-refractivity contribution is -0.131. The van der Waals surface area contributed by atoms with E-state index in [0.717, 1.165) is 5.69 Å². The Morgan fingerprint density at radius 2 is 1.45 bits per heavy atom. The van der Waals surface area contributed by atoms with Crippen LogP contribution in [0.1, 0.15) is 37.6 Å². The van der Waals surface area contributed by atoms with E-state index in [1.54, 1.807) is 37.3 Å². The monoisotopic (exact) mass is 453 g/mol. The molecule has 0 aliphatic heterocycles. The molecule has 2 unspecified atom stereocenters. The van der Waals surface area contributed by atoms with Gasteiger partial charge in [0.05, 0.1) is 12.1 Å². The molecule has 2 atom stereocenters. The molecule has 2 rings (SSSR count). The van der Waals surface area contributed by atoms with Crippen molar-refractivity contribution in [2.75, 3.05) is 18.5 Å². The smallest absolute Gasteiger partial charge is 0.338 e. The summed E-state index contributed by atoms with van der Waals surface area (Å²) in [6.45, 7) is 4.83. The SMILES string of the molecule is CC(C)CC(NC(=O)C(C)Nc1ccccc1)C(=O)NCC(=O)COC(=O)c1ccccc1. The van der Waals surface area contributed by atoms with Crippen molar-refractivity contribution in [2.45, 2.75) is 39.3 Å². The lowest BCUT2D eigenvalue weighted by atomic mass is 10.0. The van der Waals surface area contributed by atoms with Crippen molar-refractivity contribution in [1.82, 2.24) is 10.6 Å². The first-order chi connectivity index (χ1) is 15.8. The van der Waals surface area contributed by atoms with Crippen LogP contribution in [0, 0.1) is 5.92 Å². The van der Waals surface area contributed by atoms with Gasteiger partial charge in [0.1, 0.15) is 12.1 Å². The molecule has 0 spiro atoms. The van der Waals surface area contributed by atoms with Gasteiger partial charge >= 0.3 is 5.97 Å². The van der Waals surface area contributed by atoms with Crippen molar-refractivity contribution in [3.8, 4) is 0 Å². The van der Waals surface area contributed by atoms with Crippen molar-refractivity contribution >= 4 is 29.3 Å². The van der Waals surface area contributed by atoms with Gasteiger partial charge in [-0.15, -0.1) is 0 Å². The number of benzene rings is 2. The number of para-hydroxylation sites is 1. The maximum Gasteiger partial charge on any atom is 0.338 e. The number of amides is 2. The van der Waals surface area contributed by atoms with Gasteiger partial charge in [0.15, 0.2) is 12.4 Å². The van der Waals surface area contributed by atoms with E-state index in [-0.39, 0.29) is 18.4 Å². The van der Waals surface area contributed by atoms with Crippen LogP contribution in [-0.2, 0) is 19.1 Å². The Morgan fingerprint density at radius 1 is 0.848 bits per heavy atom. The van der Waals surface area contributed by atoms with E-state index in [1.807, 2.05) is 44.2 Å². The third-order valence-corrected chi connectivity index (χ3v) is 4.72. The molecule has 0 radical (unpaired) electrons. The molecule has 8 heteroatoms. The molecule has 0 aliphatic rings. The number of carbonyl (C=O) groups is 4. The predicted molar refractivity (Wildman–Crippen MR) is 126 cm³/mol. The highest BCUT2D eigenvalue weighted by Gasteiger charge is 2.25. The Hall–Kier alpha value is -3.68. The number of esters is 1. The molecule has 0 saturated carbocycles. The Morgan fingerprint density at radius 3 is 2.06 bits per heavy atom. The first kappa shape index (κ1) is 25.6. The lowest BCUT2D eigenvalue weighted by Gasteiger charge is -2.23. The first-order valence-electron chi connectivity index (χ1n) is 10.9. The minimum absolute atomic E-state index is 0.140. The van der Waals surface area contributed by atoms with E-state index in [0.29, 0.717) is 12.0 Å². The van der Waals surface area contributed by atoms with Gasteiger partial charge in [0.25, 0.3) is 0 Å². The average molecular weight is 454 g/mol. The molecule has 0 aromatic heterocycles. The summed E-state index contributed by atoms with van der Waals surface area (Å²) < 4.78 is 4.98. The largest absolute Gasteiger partial charge is 0.454 e. The van der Waals surface area contributed by atoms with Gasteiger partial charge in [-0.3, -0.25) is 14.4 Å². The minimum Gasteiger partial charge on any atom is -0.454 e. The fourth-order valence-electron chi connectivity index (χ4n) is 3.01. The highest BCUT2D eigenvalue weighted by Crippen LogP contribution is 2.09. The molecule has 33 heavy (non-hydrogen) atoms. The van der Waals surface area contributed by atoms with Gasteiger partial charge in [-0.1, -0.05) is 50.2 Å². The fraction of sp³-hybridized carbons (Fsp3) is 0.360. The van der Waals surface area contributed by atoms with E-state index < -0.39 is 36.4 Å². The summed E-state index contributed by atoms with van der Waals surface area (Å²) in [7, 11) is 0. The zero-order valence-electron chi connectivity index (χ0n) is 19.2. The van der Waals surface area contributed by atoms with Gasteiger partial charge in [-0.05, 0) is 43.5 Å². The van der Waals surface area contributed by atoms with Gasteiger partial charge < -0.3 is 20.7 Å². The van der Waals surface area contributed by atoms with Crippen LogP contribution in [-0.4, -0.2) is 48.8 Å². The molecule has 0 aliphatic carbocycles. The normalized spacial score (nSPS) is 12.4. The molecular formula is C25H31N3O5. The molecule has 8 nitrogen and oxygen atoms in total. The highest BCUT2D eigenvalue weighted by molar-refractivity contribution is 5.94. The number of hydrogen-bond acceptors (Lipinski definition) is 6. The molecule has 176 valence electrons. The van der Waals surface area contributed by atoms with Gasteiger partial charge in [0, 0.05) is 5.69 Å². The summed E-state index contributed by atoms with van der Waals surface area (Å²) in [5, 5.41) is 8.37. The van der Waals surface area contributed by atoms with Crippen molar-refractivity contribution in [3.05, 3.63) is 66.2 Å². The average Bonchev–Trinajstić information content (AvgIpc) is 2.81. The summed E-state index contributed by atoms with van der Waals surface area (Å²) in [4.78, 5) is 49.3. The van der Waals surface area contributed by atoms with Crippen LogP contribution >= 0.6 is 0 Å². The molecule has 2 aromatic rings. The third-order valence-electron chi connectivity index (χ3n) is 4.72. The van der Waals surface area contributed by atoms with Crippen LogP contribution in [0.4, 0.5) is 5.69 Å². The van der Waals surface area contributed by atoms with Crippen molar-refractivity contribution in [2.24, 2.45) is 5.92 Å². The topological polar surface area (TPSA) is 114 Å². The Labute approximate surface area is 194 Å². The van der Waals surface area contributed by atoms with Crippen LogP contribution in [0.25, 0.3) is 0 Å². The Bertz CT molecular complexity index is 932. The first-order valence-corrected chi connectivity index (χ1v) is 10.9. The molecular weight excluding hydrogens is 422 g/mol. The molecule has 2 aromatic carbocycles. The van der Waals surface area contributed by atoms with Crippen molar-refractivity contribution in [1.29, 1.82) is 0 Å². The zero-order valence-corrected chi connectivity index (χ0v) is 19.2. The van der Waals surface area contributed by atoms with E-state index in [9.17, 15) is 19.2 Å². The maximum atomic E-state index is 12.7. The number of anilines is 1. The van der Waals surface area contributed by atoms with Crippen LogP contribution in [0.2, 0.25) is 0 Å². The quantitative estimate of drug-likeness (QED) is 0.426. The summed E-state index contributed by atoms with van der Waals surface area (Å²) in [5.41, 5.74) is 1.13. The van der Waals surface area contributed by atoms with Crippen LogP contribution in [0.5, 0.6) is 0 Å². The molecule has 0 fully saturated rings. The Kier molecular flexibility index (Phi) is 10.1. The summed E-state index contributed by atoms with van der Waals surface area (Å²) in [6, 6.07) is 16.2. The summed E-state index contributed by atoms with van der Waals surface area (Å²) in [6.07, 6.45) is 0.410. The van der Waals surface area contributed by atoms with Crippen LogP contribution < -0.4 is 16.0 Å².